The van der Waals surface area contributed by atoms with E-state index in [1.54, 1.807) is 16.8 Å². The summed E-state index contributed by atoms with van der Waals surface area (Å²) in [6.45, 7) is 1.63. The highest BCUT2D eigenvalue weighted by atomic mass is 15.3. The predicted octanol–water partition coefficient (Wildman–Crippen LogP) is 2.89. The van der Waals surface area contributed by atoms with Crippen LogP contribution < -0.4 is 10.6 Å². The summed E-state index contributed by atoms with van der Waals surface area (Å²) in [5.74, 6) is 0.609. The van der Waals surface area contributed by atoms with Gasteiger partial charge >= 0.3 is 0 Å². The molecule has 1 aliphatic rings. The van der Waals surface area contributed by atoms with Gasteiger partial charge in [0.05, 0.1) is 17.1 Å². The molecule has 3 heterocycles. The van der Waals surface area contributed by atoms with Gasteiger partial charge in [0.1, 0.15) is 11.4 Å². The summed E-state index contributed by atoms with van der Waals surface area (Å²) in [4.78, 5) is 7.05. The summed E-state index contributed by atoms with van der Waals surface area (Å²) in [6, 6.07) is 15.8. The van der Waals surface area contributed by atoms with Crippen molar-refractivity contribution in [3.63, 3.8) is 0 Å². The molecule has 8 nitrogen and oxygen atoms in total. The fraction of sp³-hybridized carbons (Fsp3) is 0.261. The van der Waals surface area contributed by atoms with E-state index in [4.69, 9.17) is 16.0 Å². The molecule has 2 aromatic heterocycles. The van der Waals surface area contributed by atoms with Crippen LogP contribution in [0.5, 0.6) is 0 Å². The highest BCUT2D eigenvalue weighted by Gasteiger charge is 2.21. The van der Waals surface area contributed by atoms with Gasteiger partial charge in [-0.1, -0.05) is 18.2 Å². The first-order chi connectivity index (χ1) is 15.1. The first-order valence-corrected chi connectivity index (χ1v) is 10.3. The van der Waals surface area contributed by atoms with Crippen LogP contribution in [0.4, 0.5) is 5.95 Å². The number of benzene rings is 2. The molecule has 4 aromatic rings. The molecule has 1 saturated heterocycles. The smallest absolute Gasteiger partial charge is 0.245 e. The molecular weight excluding hydrogens is 388 g/mol. The molecule has 8 heteroatoms. The standard InChI is InChI=1S/C23H22N8/c1-30-14-18-12-17(6-7-20(18)29-30)22-21(16-4-2-15(13-24)3-5-16)26-23(28-27-22)31-10-8-19(25)9-11-31/h2-7,12,14,19H,8-11,25H2,1H3. The Hall–Kier alpha value is -3.83. The number of rotatable bonds is 3. The van der Waals surface area contributed by atoms with E-state index in [0.29, 0.717) is 17.2 Å². The second-order valence-corrected chi connectivity index (χ2v) is 7.90. The Morgan fingerprint density at radius 1 is 1.00 bits per heavy atom. The molecular formula is C23H22N8. The zero-order valence-electron chi connectivity index (χ0n) is 17.2. The first-order valence-electron chi connectivity index (χ1n) is 10.3. The number of aryl methyl sites for hydroxylation is 1. The van der Waals surface area contributed by atoms with Crippen LogP contribution in [0, 0.1) is 11.3 Å². The topological polar surface area (TPSA) is 110 Å². The Balaban J connectivity index is 1.62. The molecule has 2 N–H and O–H groups in total. The van der Waals surface area contributed by atoms with Gasteiger partial charge < -0.3 is 10.6 Å². The van der Waals surface area contributed by atoms with E-state index < -0.39 is 0 Å². The van der Waals surface area contributed by atoms with Crippen molar-refractivity contribution in [1.82, 2.24) is 25.0 Å². The number of fused-ring (bicyclic) bond motifs is 1. The molecule has 0 bridgehead atoms. The molecule has 0 amide bonds. The fourth-order valence-electron chi connectivity index (χ4n) is 3.95. The van der Waals surface area contributed by atoms with E-state index in [-0.39, 0.29) is 6.04 Å². The lowest BCUT2D eigenvalue weighted by atomic mass is 10.0. The van der Waals surface area contributed by atoms with Crippen LogP contribution in [0.2, 0.25) is 0 Å². The van der Waals surface area contributed by atoms with Crippen molar-refractivity contribution in [2.45, 2.75) is 18.9 Å². The summed E-state index contributed by atoms with van der Waals surface area (Å²) >= 11 is 0. The highest BCUT2D eigenvalue weighted by molar-refractivity contribution is 5.87. The van der Waals surface area contributed by atoms with Gasteiger partial charge in [0, 0.05) is 48.9 Å². The van der Waals surface area contributed by atoms with Crippen molar-refractivity contribution >= 4 is 16.9 Å². The van der Waals surface area contributed by atoms with Crippen LogP contribution in [0.15, 0.2) is 48.7 Å². The van der Waals surface area contributed by atoms with Crippen molar-refractivity contribution in [3.8, 4) is 28.6 Å². The van der Waals surface area contributed by atoms with Gasteiger partial charge in [-0.25, -0.2) is 4.98 Å². The van der Waals surface area contributed by atoms with Crippen molar-refractivity contribution in [2.24, 2.45) is 12.8 Å². The fourth-order valence-corrected chi connectivity index (χ4v) is 3.95. The summed E-state index contributed by atoms with van der Waals surface area (Å²) in [7, 11) is 1.91. The molecule has 0 saturated carbocycles. The van der Waals surface area contributed by atoms with Crippen molar-refractivity contribution in [3.05, 3.63) is 54.2 Å². The molecule has 0 radical (unpaired) electrons. The van der Waals surface area contributed by atoms with E-state index in [1.165, 1.54) is 0 Å². The SMILES string of the molecule is Cn1cc2cc(-c3nnc(N4CCC(N)CC4)nc3-c3ccc(C#N)cc3)ccc2n1. The molecule has 0 atom stereocenters. The molecule has 31 heavy (non-hydrogen) atoms. The predicted molar refractivity (Wildman–Crippen MR) is 119 cm³/mol. The van der Waals surface area contributed by atoms with Crippen LogP contribution in [-0.2, 0) is 7.05 Å². The van der Waals surface area contributed by atoms with E-state index in [2.05, 4.69) is 32.3 Å². The molecule has 0 spiro atoms. The molecule has 1 aliphatic heterocycles. The number of hydrogen-bond donors (Lipinski definition) is 1. The number of hydrogen-bond acceptors (Lipinski definition) is 7. The molecule has 0 aliphatic carbocycles. The number of anilines is 1. The minimum absolute atomic E-state index is 0.229. The maximum atomic E-state index is 9.16. The third-order valence-electron chi connectivity index (χ3n) is 5.68. The Morgan fingerprint density at radius 2 is 1.74 bits per heavy atom. The largest absolute Gasteiger partial charge is 0.339 e. The number of nitrogens with two attached hydrogens (primary N) is 1. The van der Waals surface area contributed by atoms with Crippen LogP contribution in [-0.4, -0.2) is 44.1 Å². The second-order valence-electron chi connectivity index (χ2n) is 7.90. The summed E-state index contributed by atoms with van der Waals surface area (Å²) in [6.07, 6.45) is 3.80. The van der Waals surface area contributed by atoms with Crippen molar-refractivity contribution in [1.29, 1.82) is 5.26 Å². The number of nitrogens with zero attached hydrogens (tertiary/aromatic N) is 7. The maximum Gasteiger partial charge on any atom is 0.245 e. The monoisotopic (exact) mass is 410 g/mol. The van der Waals surface area contributed by atoms with E-state index in [1.807, 2.05) is 37.5 Å². The molecule has 154 valence electrons. The summed E-state index contributed by atoms with van der Waals surface area (Å²) in [5, 5.41) is 23.7. The van der Waals surface area contributed by atoms with Gasteiger partial charge in [0.25, 0.3) is 0 Å². The zero-order valence-corrected chi connectivity index (χ0v) is 17.2. The minimum atomic E-state index is 0.229. The Labute approximate surface area is 180 Å². The third kappa shape index (κ3) is 3.71. The van der Waals surface area contributed by atoms with Crippen LogP contribution in [0.3, 0.4) is 0 Å². The third-order valence-corrected chi connectivity index (χ3v) is 5.68. The number of nitriles is 1. The summed E-state index contributed by atoms with van der Waals surface area (Å²) in [5.41, 5.74) is 10.8. The number of aromatic nitrogens is 5. The molecule has 2 aromatic carbocycles. The van der Waals surface area contributed by atoms with E-state index in [9.17, 15) is 0 Å². The maximum absolute atomic E-state index is 9.16. The molecule has 1 fully saturated rings. The average Bonchev–Trinajstić information content (AvgIpc) is 3.18. The van der Waals surface area contributed by atoms with Gasteiger partial charge in [0.15, 0.2) is 0 Å². The lowest BCUT2D eigenvalue weighted by Crippen LogP contribution is -2.40. The van der Waals surface area contributed by atoms with Gasteiger partial charge in [-0.3, -0.25) is 4.68 Å². The highest BCUT2D eigenvalue weighted by Crippen LogP contribution is 2.32. The van der Waals surface area contributed by atoms with Gasteiger partial charge in [-0.2, -0.15) is 10.4 Å². The lowest BCUT2D eigenvalue weighted by Gasteiger charge is -2.30. The van der Waals surface area contributed by atoms with Gasteiger partial charge in [-0.15, -0.1) is 10.2 Å². The first kappa shape index (κ1) is 19.2. The Kier molecular flexibility index (Phi) is 4.81. The lowest BCUT2D eigenvalue weighted by molar-refractivity contribution is 0.494. The van der Waals surface area contributed by atoms with Gasteiger partial charge in [-0.05, 0) is 37.1 Å². The van der Waals surface area contributed by atoms with E-state index >= 15 is 0 Å². The van der Waals surface area contributed by atoms with Gasteiger partial charge in [0.2, 0.25) is 5.95 Å². The Bertz CT molecular complexity index is 1280. The molecule has 5 rings (SSSR count). The van der Waals surface area contributed by atoms with Crippen LogP contribution in [0.25, 0.3) is 33.4 Å². The normalized spacial score (nSPS) is 14.7. The van der Waals surface area contributed by atoms with Crippen LogP contribution in [0.1, 0.15) is 18.4 Å². The van der Waals surface area contributed by atoms with Crippen molar-refractivity contribution in [2.75, 3.05) is 18.0 Å². The van der Waals surface area contributed by atoms with E-state index in [0.717, 1.165) is 53.7 Å². The van der Waals surface area contributed by atoms with Crippen LogP contribution >= 0.6 is 0 Å². The second kappa shape index (κ2) is 7.78. The quantitative estimate of drug-likeness (QED) is 0.553. The minimum Gasteiger partial charge on any atom is -0.339 e. The summed E-state index contributed by atoms with van der Waals surface area (Å²) < 4.78 is 1.80. The van der Waals surface area contributed by atoms with Crippen molar-refractivity contribution < 1.29 is 0 Å². The Morgan fingerprint density at radius 3 is 2.48 bits per heavy atom. The number of piperidine rings is 1. The molecule has 0 unspecified atom stereocenters. The average molecular weight is 410 g/mol. The zero-order chi connectivity index (χ0) is 21.4.